The van der Waals surface area contributed by atoms with Crippen LogP contribution in [0.25, 0.3) is 10.3 Å². The van der Waals surface area contributed by atoms with E-state index >= 15 is 0 Å². The fraction of sp³-hybridized carbons (Fsp3) is 0.652. The van der Waals surface area contributed by atoms with E-state index in [0.29, 0.717) is 31.2 Å². The van der Waals surface area contributed by atoms with Crippen molar-refractivity contribution in [2.75, 3.05) is 50.7 Å². The number of aryl methyl sites for hydroxylation is 1. The maximum atomic E-state index is 5.52. The molecule has 184 valence electrons. The van der Waals surface area contributed by atoms with Crippen molar-refractivity contribution < 1.29 is 9.47 Å². The van der Waals surface area contributed by atoms with Gasteiger partial charge >= 0.3 is 0 Å². The smallest absolute Gasteiger partial charge is 0.230 e. The van der Waals surface area contributed by atoms with Crippen LogP contribution < -0.4 is 10.6 Å². The number of rotatable bonds is 9. The summed E-state index contributed by atoms with van der Waals surface area (Å²) in [5.74, 6) is 1.39. The van der Waals surface area contributed by atoms with Gasteiger partial charge in [0, 0.05) is 38.5 Å². The average molecular weight is 487 g/mol. The van der Waals surface area contributed by atoms with E-state index in [0.717, 1.165) is 72.4 Å². The molecule has 1 saturated heterocycles. The lowest BCUT2D eigenvalue weighted by atomic mass is 9.90. The minimum absolute atomic E-state index is 0.395. The Kier molecular flexibility index (Phi) is 7.53. The Balaban J connectivity index is 1.30. The minimum Gasteiger partial charge on any atom is -0.383 e. The number of hydrogen-bond acceptors (Lipinski definition) is 10. The summed E-state index contributed by atoms with van der Waals surface area (Å²) in [5, 5.41) is 12.5. The molecule has 3 aromatic rings. The van der Waals surface area contributed by atoms with Crippen molar-refractivity contribution in [3.05, 3.63) is 17.4 Å². The number of hydrogen-bond donors (Lipinski definition) is 2. The van der Waals surface area contributed by atoms with E-state index in [1.165, 1.54) is 12.8 Å². The highest BCUT2D eigenvalue weighted by molar-refractivity contribution is 7.18. The summed E-state index contributed by atoms with van der Waals surface area (Å²) in [6.07, 6.45) is 9.29. The highest BCUT2D eigenvalue weighted by Gasteiger charge is 2.27. The molecule has 2 aliphatic rings. The van der Waals surface area contributed by atoms with Crippen molar-refractivity contribution in [1.82, 2.24) is 29.6 Å². The highest BCUT2D eigenvalue weighted by Crippen LogP contribution is 2.31. The molecule has 0 aromatic carbocycles. The molecule has 11 heteroatoms. The Morgan fingerprint density at radius 3 is 2.74 bits per heavy atom. The van der Waals surface area contributed by atoms with Crippen LogP contribution in [0.3, 0.4) is 0 Å². The van der Waals surface area contributed by atoms with Crippen molar-refractivity contribution in [3.63, 3.8) is 0 Å². The van der Waals surface area contributed by atoms with Gasteiger partial charge in [0.2, 0.25) is 5.95 Å². The van der Waals surface area contributed by atoms with Crippen LogP contribution in [0, 0.1) is 0 Å². The number of anilines is 3. The van der Waals surface area contributed by atoms with Gasteiger partial charge in [0.25, 0.3) is 0 Å². The highest BCUT2D eigenvalue weighted by atomic mass is 32.1. The standard InChI is InChI=1S/C23H34N8O2S/c1-3-19-27-20-21(25-16-4-6-18(7-5-16)30-8-12-33-13-9-30)28-23(29-22(20)34-19)26-17-14-24-31(15-17)10-11-32-2/h14-16,18H,3-13H2,1-2H3,(H2,25,26,28,29). The summed E-state index contributed by atoms with van der Waals surface area (Å²) in [6, 6.07) is 1.07. The second kappa shape index (κ2) is 10.9. The first-order valence-corrected chi connectivity index (χ1v) is 13.1. The molecule has 0 spiro atoms. The van der Waals surface area contributed by atoms with E-state index in [1.807, 2.05) is 10.9 Å². The molecule has 1 aliphatic heterocycles. The molecule has 2 N–H and O–H groups in total. The second-order valence-corrected chi connectivity index (χ2v) is 9.98. The number of thiazole rings is 1. The molecule has 0 radical (unpaired) electrons. The van der Waals surface area contributed by atoms with Crippen LogP contribution in [0.2, 0.25) is 0 Å². The maximum Gasteiger partial charge on any atom is 0.230 e. The van der Waals surface area contributed by atoms with Crippen molar-refractivity contribution in [3.8, 4) is 0 Å². The molecule has 0 bridgehead atoms. The van der Waals surface area contributed by atoms with E-state index in [-0.39, 0.29) is 0 Å². The zero-order valence-corrected chi connectivity index (χ0v) is 20.8. The zero-order valence-electron chi connectivity index (χ0n) is 20.0. The molecule has 2 fully saturated rings. The van der Waals surface area contributed by atoms with Gasteiger partial charge in [-0.25, -0.2) is 4.98 Å². The molecular weight excluding hydrogens is 452 g/mol. The number of nitrogens with zero attached hydrogens (tertiary/aromatic N) is 6. The summed E-state index contributed by atoms with van der Waals surface area (Å²) in [5.41, 5.74) is 1.73. The Morgan fingerprint density at radius 1 is 1.15 bits per heavy atom. The molecule has 34 heavy (non-hydrogen) atoms. The van der Waals surface area contributed by atoms with Crippen LogP contribution in [0.5, 0.6) is 0 Å². The maximum absolute atomic E-state index is 5.52. The molecule has 10 nitrogen and oxygen atoms in total. The summed E-state index contributed by atoms with van der Waals surface area (Å²) in [7, 11) is 1.69. The van der Waals surface area contributed by atoms with Crippen LogP contribution in [-0.4, -0.2) is 81.7 Å². The molecule has 1 aliphatic carbocycles. The summed E-state index contributed by atoms with van der Waals surface area (Å²) in [6.45, 7) is 7.29. The number of aromatic nitrogens is 5. The van der Waals surface area contributed by atoms with E-state index in [9.17, 15) is 0 Å². The quantitative estimate of drug-likeness (QED) is 0.472. The summed E-state index contributed by atoms with van der Waals surface area (Å²) in [4.78, 5) is 17.9. The molecule has 0 unspecified atom stereocenters. The Morgan fingerprint density at radius 2 is 1.97 bits per heavy atom. The number of methoxy groups -OCH3 is 1. The third-order valence-corrected chi connectivity index (χ3v) is 7.71. The first kappa shape index (κ1) is 23.4. The molecule has 1 saturated carbocycles. The lowest BCUT2D eigenvalue weighted by Crippen LogP contribution is -2.46. The molecule has 0 amide bonds. The van der Waals surface area contributed by atoms with Gasteiger partial charge in [0.1, 0.15) is 5.52 Å². The average Bonchev–Trinajstić information content (AvgIpc) is 3.50. The third kappa shape index (κ3) is 5.48. The van der Waals surface area contributed by atoms with Gasteiger partial charge in [0.15, 0.2) is 10.6 Å². The zero-order chi connectivity index (χ0) is 23.3. The van der Waals surface area contributed by atoms with Crippen molar-refractivity contribution in [2.45, 2.75) is 57.7 Å². The Labute approximate surface area is 204 Å². The monoisotopic (exact) mass is 486 g/mol. The van der Waals surface area contributed by atoms with Crippen molar-refractivity contribution >= 4 is 39.1 Å². The Bertz CT molecular complexity index is 1070. The molecule has 0 atom stereocenters. The SMILES string of the molecule is CCc1nc2c(NC3CCC(N4CCOCC4)CC3)nc(Nc3cnn(CCOC)c3)nc2s1. The number of nitrogens with one attached hydrogen (secondary N) is 2. The third-order valence-electron chi connectivity index (χ3n) is 6.62. The normalized spacial score (nSPS) is 21.7. The fourth-order valence-electron chi connectivity index (χ4n) is 4.76. The molecular formula is C23H34N8O2S. The molecule has 5 rings (SSSR count). The van der Waals surface area contributed by atoms with Gasteiger partial charge in [-0.1, -0.05) is 18.3 Å². The van der Waals surface area contributed by atoms with Crippen LogP contribution in [0.15, 0.2) is 12.4 Å². The number of morpholine rings is 1. The van der Waals surface area contributed by atoms with Crippen LogP contribution in [0.1, 0.15) is 37.6 Å². The van der Waals surface area contributed by atoms with Gasteiger partial charge in [-0.2, -0.15) is 15.1 Å². The Hall–Kier alpha value is -2.34. The lowest BCUT2D eigenvalue weighted by Gasteiger charge is -2.39. The first-order valence-electron chi connectivity index (χ1n) is 12.3. The van der Waals surface area contributed by atoms with Gasteiger partial charge < -0.3 is 20.1 Å². The number of ether oxygens (including phenoxy) is 2. The van der Waals surface area contributed by atoms with E-state index < -0.39 is 0 Å². The lowest BCUT2D eigenvalue weighted by molar-refractivity contribution is 0.00791. The van der Waals surface area contributed by atoms with Crippen LogP contribution >= 0.6 is 11.3 Å². The van der Waals surface area contributed by atoms with Crippen molar-refractivity contribution in [2.24, 2.45) is 0 Å². The van der Waals surface area contributed by atoms with E-state index in [2.05, 4.69) is 27.6 Å². The van der Waals surface area contributed by atoms with Gasteiger partial charge in [0.05, 0.1) is 43.3 Å². The summed E-state index contributed by atoms with van der Waals surface area (Å²) < 4.78 is 12.5. The first-order chi connectivity index (χ1) is 16.7. The van der Waals surface area contributed by atoms with Crippen LogP contribution in [0.4, 0.5) is 17.5 Å². The topological polar surface area (TPSA) is 102 Å². The van der Waals surface area contributed by atoms with Crippen LogP contribution in [-0.2, 0) is 22.4 Å². The van der Waals surface area contributed by atoms with E-state index in [1.54, 1.807) is 24.6 Å². The van der Waals surface area contributed by atoms with Gasteiger partial charge in [-0.05, 0) is 32.1 Å². The predicted octanol–water partition coefficient (Wildman–Crippen LogP) is 3.29. The van der Waals surface area contributed by atoms with Gasteiger partial charge in [-0.3, -0.25) is 9.58 Å². The minimum atomic E-state index is 0.395. The molecule has 3 aromatic heterocycles. The predicted molar refractivity (Wildman–Crippen MR) is 134 cm³/mol. The van der Waals surface area contributed by atoms with E-state index in [4.69, 9.17) is 24.4 Å². The van der Waals surface area contributed by atoms with Crippen molar-refractivity contribution in [1.29, 1.82) is 0 Å². The molecule has 4 heterocycles. The second-order valence-electron chi connectivity index (χ2n) is 8.92. The largest absolute Gasteiger partial charge is 0.383 e. The summed E-state index contributed by atoms with van der Waals surface area (Å²) >= 11 is 1.64. The number of fused-ring (bicyclic) bond motifs is 1. The fourth-order valence-corrected chi connectivity index (χ4v) is 5.63. The van der Waals surface area contributed by atoms with Gasteiger partial charge in [-0.15, -0.1) is 0 Å².